The summed E-state index contributed by atoms with van der Waals surface area (Å²) in [6.07, 6.45) is 6.10. The fourth-order valence-electron chi connectivity index (χ4n) is 4.00. The highest BCUT2D eigenvalue weighted by molar-refractivity contribution is 5.99. The molecule has 0 radical (unpaired) electrons. The van der Waals surface area contributed by atoms with Crippen LogP contribution in [0.25, 0.3) is 10.9 Å². The zero-order valence-electron chi connectivity index (χ0n) is 13.9. The molecule has 0 spiro atoms. The van der Waals surface area contributed by atoms with Crippen LogP contribution in [0.2, 0.25) is 0 Å². The largest absolute Gasteiger partial charge is 0.358 e. The van der Waals surface area contributed by atoms with Gasteiger partial charge < -0.3 is 14.8 Å². The molecule has 23 heavy (non-hydrogen) atoms. The van der Waals surface area contributed by atoms with E-state index in [1.54, 1.807) is 0 Å². The third kappa shape index (κ3) is 2.76. The number of aromatic amines is 1. The molecule has 1 aromatic carbocycles. The van der Waals surface area contributed by atoms with Gasteiger partial charge in [-0.25, -0.2) is 0 Å². The number of fused-ring (bicyclic) bond motifs is 3. The Kier molecular flexibility index (Phi) is 3.85. The fraction of sp³-hybridized carbons (Fsp3) is 0.526. The van der Waals surface area contributed by atoms with Crippen molar-refractivity contribution in [3.05, 3.63) is 35.0 Å². The average molecular weight is 311 g/mol. The zero-order chi connectivity index (χ0) is 15.8. The Hall–Kier alpha value is -1.81. The Morgan fingerprint density at radius 2 is 2.04 bits per heavy atom. The minimum atomic E-state index is 0.138. The van der Waals surface area contributed by atoms with E-state index in [2.05, 4.69) is 22.0 Å². The van der Waals surface area contributed by atoms with E-state index in [0.717, 1.165) is 31.5 Å². The van der Waals surface area contributed by atoms with Gasteiger partial charge in [0.25, 0.3) is 5.91 Å². The van der Waals surface area contributed by atoms with Gasteiger partial charge in [-0.1, -0.05) is 0 Å². The number of nitrogens with zero attached hydrogens (tertiary/aromatic N) is 2. The first kappa shape index (κ1) is 14.8. The number of hydrogen-bond donors (Lipinski definition) is 1. The lowest BCUT2D eigenvalue weighted by Crippen LogP contribution is -2.35. The molecular weight excluding hydrogens is 286 g/mol. The van der Waals surface area contributed by atoms with E-state index < -0.39 is 0 Å². The monoisotopic (exact) mass is 311 g/mol. The lowest BCUT2D eigenvalue weighted by molar-refractivity contribution is 0.0782. The van der Waals surface area contributed by atoms with E-state index in [1.807, 2.05) is 18.0 Å². The number of hydrogen-bond acceptors (Lipinski definition) is 2. The summed E-state index contributed by atoms with van der Waals surface area (Å²) in [5.74, 6) is 0.138. The number of carbonyl (C=O) groups is 1. The van der Waals surface area contributed by atoms with Crippen LogP contribution < -0.4 is 0 Å². The molecule has 1 amide bonds. The van der Waals surface area contributed by atoms with Crippen molar-refractivity contribution in [1.82, 2.24) is 14.8 Å². The van der Waals surface area contributed by atoms with Gasteiger partial charge in [-0.05, 0) is 69.0 Å². The number of rotatable bonds is 4. The molecule has 122 valence electrons. The third-order valence-corrected chi connectivity index (χ3v) is 5.39. The maximum atomic E-state index is 12.7. The Balaban J connectivity index is 1.49. The molecule has 4 heteroatoms. The molecule has 4 rings (SSSR count). The van der Waals surface area contributed by atoms with Crippen LogP contribution in [0.4, 0.5) is 0 Å². The summed E-state index contributed by atoms with van der Waals surface area (Å²) in [6, 6.07) is 6.11. The second kappa shape index (κ2) is 6.00. The molecule has 2 aliphatic rings. The lowest BCUT2D eigenvalue weighted by atomic mass is 10.1. The first-order chi connectivity index (χ1) is 11.2. The molecule has 1 aromatic heterocycles. The van der Waals surface area contributed by atoms with Crippen molar-refractivity contribution < 1.29 is 4.79 Å². The van der Waals surface area contributed by atoms with Crippen LogP contribution in [-0.4, -0.2) is 53.9 Å². The number of aromatic nitrogens is 1. The predicted octanol–water partition coefficient (Wildman–Crippen LogP) is 2.82. The quantitative estimate of drug-likeness (QED) is 0.943. The van der Waals surface area contributed by atoms with E-state index in [9.17, 15) is 4.79 Å². The molecule has 2 heterocycles. The number of H-pyrrole nitrogens is 1. The normalized spacial score (nSPS) is 17.8. The van der Waals surface area contributed by atoms with Crippen LogP contribution in [0.15, 0.2) is 18.2 Å². The molecule has 1 saturated heterocycles. The summed E-state index contributed by atoms with van der Waals surface area (Å²) >= 11 is 0. The van der Waals surface area contributed by atoms with Gasteiger partial charge in [-0.2, -0.15) is 0 Å². The standard InChI is InChI=1S/C19H25N3O/c1-21(11-12-22-9-2-3-10-22)19(23)14-7-8-18-16(13-14)15-5-4-6-17(15)20-18/h7-8,13,20H,2-6,9-12H2,1H3. The molecule has 1 aliphatic heterocycles. The molecule has 4 nitrogen and oxygen atoms in total. The molecule has 1 N–H and O–H groups in total. The van der Waals surface area contributed by atoms with Crippen molar-refractivity contribution in [1.29, 1.82) is 0 Å². The summed E-state index contributed by atoms with van der Waals surface area (Å²) < 4.78 is 0. The third-order valence-electron chi connectivity index (χ3n) is 5.39. The van der Waals surface area contributed by atoms with Crippen molar-refractivity contribution >= 4 is 16.8 Å². The van der Waals surface area contributed by atoms with E-state index in [4.69, 9.17) is 0 Å². The lowest BCUT2D eigenvalue weighted by Gasteiger charge is -2.21. The molecular formula is C19H25N3O. The first-order valence-corrected chi connectivity index (χ1v) is 8.83. The van der Waals surface area contributed by atoms with Crippen molar-refractivity contribution in [2.24, 2.45) is 0 Å². The van der Waals surface area contributed by atoms with Crippen molar-refractivity contribution in [3.63, 3.8) is 0 Å². The summed E-state index contributed by atoms with van der Waals surface area (Å²) in [5, 5.41) is 1.25. The number of likely N-dealkylation sites (tertiary alicyclic amines) is 1. The highest BCUT2D eigenvalue weighted by Crippen LogP contribution is 2.30. The second-order valence-electron chi connectivity index (χ2n) is 6.97. The highest BCUT2D eigenvalue weighted by Gasteiger charge is 2.20. The van der Waals surface area contributed by atoms with Gasteiger partial charge >= 0.3 is 0 Å². The summed E-state index contributed by atoms with van der Waals surface area (Å²) in [6.45, 7) is 4.17. The van der Waals surface area contributed by atoms with Crippen LogP contribution in [0.1, 0.15) is 40.9 Å². The molecule has 1 aliphatic carbocycles. The van der Waals surface area contributed by atoms with E-state index in [0.29, 0.717) is 0 Å². The Bertz CT molecular complexity index is 728. The fourth-order valence-corrected chi connectivity index (χ4v) is 4.00. The summed E-state index contributed by atoms with van der Waals surface area (Å²) in [7, 11) is 1.92. The predicted molar refractivity (Wildman–Crippen MR) is 93.0 cm³/mol. The number of carbonyl (C=O) groups excluding carboxylic acids is 1. The minimum Gasteiger partial charge on any atom is -0.358 e. The molecule has 2 aromatic rings. The van der Waals surface area contributed by atoms with Crippen molar-refractivity contribution in [3.8, 4) is 0 Å². The minimum absolute atomic E-state index is 0.138. The summed E-state index contributed by atoms with van der Waals surface area (Å²) in [4.78, 5) is 20.5. The molecule has 0 saturated carbocycles. The van der Waals surface area contributed by atoms with Gasteiger partial charge in [0.05, 0.1) is 0 Å². The van der Waals surface area contributed by atoms with E-state index in [1.165, 1.54) is 54.5 Å². The zero-order valence-corrected chi connectivity index (χ0v) is 13.9. The first-order valence-electron chi connectivity index (χ1n) is 8.83. The van der Waals surface area contributed by atoms with Crippen LogP contribution in [0.5, 0.6) is 0 Å². The Morgan fingerprint density at radius 1 is 1.22 bits per heavy atom. The summed E-state index contributed by atoms with van der Waals surface area (Å²) in [5.41, 5.74) is 4.78. The number of benzene rings is 1. The highest BCUT2D eigenvalue weighted by atomic mass is 16.2. The van der Waals surface area contributed by atoms with Gasteiger partial charge in [0.2, 0.25) is 0 Å². The Morgan fingerprint density at radius 3 is 2.87 bits per heavy atom. The smallest absolute Gasteiger partial charge is 0.253 e. The van der Waals surface area contributed by atoms with Gasteiger partial charge in [-0.3, -0.25) is 4.79 Å². The van der Waals surface area contributed by atoms with Gasteiger partial charge in [0.1, 0.15) is 0 Å². The van der Waals surface area contributed by atoms with Crippen LogP contribution in [-0.2, 0) is 12.8 Å². The van der Waals surface area contributed by atoms with Gasteiger partial charge in [0, 0.05) is 42.3 Å². The number of aryl methyl sites for hydroxylation is 2. The van der Waals surface area contributed by atoms with Crippen LogP contribution in [0, 0.1) is 0 Å². The van der Waals surface area contributed by atoms with Crippen LogP contribution >= 0.6 is 0 Å². The molecule has 0 unspecified atom stereocenters. The number of likely N-dealkylation sites (N-methyl/N-ethyl adjacent to an activating group) is 1. The van der Waals surface area contributed by atoms with Crippen molar-refractivity contribution in [2.45, 2.75) is 32.1 Å². The molecule has 1 fully saturated rings. The maximum Gasteiger partial charge on any atom is 0.253 e. The maximum absolute atomic E-state index is 12.7. The van der Waals surface area contributed by atoms with Gasteiger partial charge in [-0.15, -0.1) is 0 Å². The topological polar surface area (TPSA) is 39.3 Å². The molecule has 0 atom stereocenters. The van der Waals surface area contributed by atoms with Crippen molar-refractivity contribution in [2.75, 3.05) is 33.2 Å². The van der Waals surface area contributed by atoms with Gasteiger partial charge in [0.15, 0.2) is 0 Å². The SMILES string of the molecule is CN(CCN1CCCC1)C(=O)c1ccc2[nH]c3c(c2c1)CCC3. The van der Waals surface area contributed by atoms with E-state index in [-0.39, 0.29) is 5.91 Å². The molecule has 0 bridgehead atoms. The van der Waals surface area contributed by atoms with E-state index >= 15 is 0 Å². The van der Waals surface area contributed by atoms with Crippen LogP contribution in [0.3, 0.4) is 0 Å². The average Bonchev–Trinajstić information content (AvgIpc) is 3.28. The number of nitrogens with one attached hydrogen (secondary N) is 1. The Labute approximate surface area is 137 Å². The second-order valence-corrected chi connectivity index (χ2v) is 6.97. The number of amides is 1.